The van der Waals surface area contributed by atoms with Crippen LogP contribution in [0.4, 0.5) is 5.69 Å². The molecule has 1 aromatic rings. The van der Waals surface area contributed by atoms with Gasteiger partial charge in [0, 0.05) is 25.9 Å². The fourth-order valence-corrected chi connectivity index (χ4v) is 2.78. The molecule has 0 atom stereocenters. The number of ether oxygens (including phenoxy) is 2. The molecule has 0 fully saturated rings. The van der Waals surface area contributed by atoms with E-state index in [2.05, 4.69) is 10.1 Å². The lowest BCUT2D eigenvalue weighted by Crippen LogP contribution is -2.41. The predicted molar refractivity (Wildman–Crippen MR) is 97.0 cm³/mol. The van der Waals surface area contributed by atoms with Crippen LogP contribution in [0.5, 0.6) is 5.75 Å². The van der Waals surface area contributed by atoms with E-state index in [1.807, 2.05) is 24.3 Å². The number of hydrogen-bond donors (Lipinski definition) is 1. The van der Waals surface area contributed by atoms with Gasteiger partial charge in [-0.15, -0.1) is 0 Å². The Kier molecular flexibility index (Phi) is 7.92. The molecule has 0 aromatic heterocycles. The number of carbonyl (C=O) groups is 3. The summed E-state index contributed by atoms with van der Waals surface area (Å²) >= 11 is 0. The van der Waals surface area contributed by atoms with Gasteiger partial charge < -0.3 is 19.7 Å². The van der Waals surface area contributed by atoms with Crippen LogP contribution in [0.25, 0.3) is 0 Å². The lowest BCUT2D eigenvalue weighted by molar-refractivity contribution is -0.140. The first-order valence-electron chi connectivity index (χ1n) is 8.97. The van der Waals surface area contributed by atoms with Crippen LogP contribution < -0.4 is 15.0 Å². The molecule has 0 radical (unpaired) electrons. The van der Waals surface area contributed by atoms with Gasteiger partial charge in [-0.1, -0.05) is 25.0 Å². The third-order valence-corrected chi connectivity index (χ3v) is 4.23. The van der Waals surface area contributed by atoms with Gasteiger partial charge in [-0.25, -0.2) is 0 Å². The van der Waals surface area contributed by atoms with E-state index in [-0.39, 0.29) is 30.8 Å². The van der Waals surface area contributed by atoms with Gasteiger partial charge in [0.1, 0.15) is 5.75 Å². The first-order valence-corrected chi connectivity index (χ1v) is 8.97. The van der Waals surface area contributed by atoms with Gasteiger partial charge in [-0.05, 0) is 25.0 Å². The number of anilines is 1. The molecule has 1 aliphatic rings. The first kappa shape index (κ1) is 19.8. The number of amides is 2. The van der Waals surface area contributed by atoms with Gasteiger partial charge in [0.2, 0.25) is 5.91 Å². The van der Waals surface area contributed by atoms with E-state index < -0.39 is 0 Å². The Morgan fingerprint density at radius 1 is 1.15 bits per heavy atom. The second kappa shape index (κ2) is 10.4. The number of nitrogens with zero attached hydrogens (tertiary/aromatic N) is 1. The second-order valence-corrected chi connectivity index (χ2v) is 6.14. The average Bonchev–Trinajstić information content (AvgIpc) is 2.66. The van der Waals surface area contributed by atoms with E-state index in [1.165, 1.54) is 7.11 Å². The van der Waals surface area contributed by atoms with Crippen molar-refractivity contribution < 1.29 is 23.9 Å². The fourth-order valence-electron chi connectivity index (χ4n) is 2.78. The van der Waals surface area contributed by atoms with E-state index in [4.69, 9.17) is 4.74 Å². The largest absolute Gasteiger partial charge is 0.482 e. The molecule has 26 heavy (non-hydrogen) atoms. The summed E-state index contributed by atoms with van der Waals surface area (Å²) in [6, 6.07) is 7.33. The van der Waals surface area contributed by atoms with Crippen molar-refractivity contribution in [2.24, 2.45) is 0 Å². The van der Waals surface area contributed by atoms with Crippen LogP contribution in [0.1, 0.15) is 38.5 Å². The van der Waals surface area contributed by atoms with Crippen LogP contribution in [0.2, 0.25) is 0 Å². The van der Waals surface area contributed by atoms with Gasteiger partial charge in [0.25, 0.3) is 5.91 Å². The summed E-state index contributed by atoms with van der Waals surface area (Å²) in [5, 5.41) is 2.87. The zero-order valence-electron chi connectivity index (χ0n) is 15.2. The Hall–Kier alpha value is -2.57. The van der Waals surface area contributed by atoms with Gasteiger partial charge in [-0.3, -0.25) is 14.4 Å². The molecule has 1 N–H and O–H groups in total. The number of carbonyl (C=O) groups excluding carboxylic acids is 3. The molecular formula is C19H26N2O5. The van der Waals surface area contributed by atoms with Gasteiger partial charge in [0.05, 0.1) is 12.8 Å². The number of fused-ring (bicyclic) bond motifs is 1. The molecule has 7 heteroatoms. The first-order chi connectivity index (χ1) is 12.6. The highest BCUT2D eigenvalue weighted by Crippen LogP contribution is 2.31. The van der Waals surface area contributed by atoms with Crippen LogP contribution in [0.15, 0.2) is 24.3 Å². The Bertz CT molecular complexity index is 632. The molecule has 1 aromatic carbocycles. The molecule has 0 spiro atoms. The SMILES string of the molecule is COC(=O)CCCCCCNC(=O)CCN1C(=O)COc2ccccc21. The molecule has 7 nitrogen and oxygen atoms in total. The zero-order valence-corrected chi connectivity index (χ0v) is 15.2. The highest BCUT2D eigenvalue weighted by atomic mass is 16.5. The fraction of sp³-hybridized carbons (Fsp3) is 0.526. The minimum Gasteiger partial charge on any atom is -0.482 e. The molecule has 1 aliphatic heterocycles. The Labute approximate surface area is 153 Å². The summed E-state index contributed by atoms with van der Waals surface area (Å²) < 4.78 is 9.97. The summed E-state index contributed by atoms with van der Waals surface area (Å²) in [4.78, 5) is 36.6. The molecule has 0 saturated carbocycles. The van der Waals surface area contributed by atoms with Crippen molar-refractivity contribution in [1.82, 2.24) is 5.32 Å². The van der Waals surface area contributed by atoms with E-state index in [0.29, 0.717) is 30.9 Å². The summed E-state index contributed by atoms with van der Waals surface area (Å²) in [6.45, 7) is 0.944. The minimum absolute atomic E-state index is 0.00417. The summed E-state index contributed by atoms with van der Waals surface area (Å²) in [7, 11) is 1.39. The number of nitrogens with one attached hydrogen (secondary N) is 1. The highest BCUT2D eigenvalue weighted by Gasteiger charge is 2.25. The van der Waals surface area contributed by atoms with Crippen LogP contribution in [-0.2, 0) is 19.1 Å². The van der Waals surface area contributed by atoms with Gasteiger partial charge >= 0.3 is 5.97 Å². The molecule has 2 rings (SSSR count). The molecule has 142 valence electrons. The molecule has 1 heterocycles. The third kappa shape index (κ3) is 6.06. The Morgan fingerprint density at radius 3 is 2.73 bits per heavy atom. The molecule has 0 saturated heterocycles. The van der Waals surface area contributed by atoms with E-state index in [0.717, 1.165) is 25.7 Å². The maximum Gasteiger partial charge on any atom is 0.305 e. The Morgan fingerprint density at radius 2 is 1.92 bits per heavy atom. The summed E-state index contributed by atoms with van der Waals surface area (Å²) in [5.41, 5.74) is 0.710. The predicted octanol–water partition coefficient (Wildman–Crippen LogP) is 2.04. The number of methoxy groups -OCH3 is 1. The van der Waals surface area contributed by atoms with Crippen LogP contribution in [0.3, 0.4) is 0 Å². The second-order valence-electron chi connectivity index (χ2n) is 6.14. The number of esters is 1. The average molecular weight is 362 g/mol. The smallest absolute Gasteiger partial charge is 0.305 e. The Balaban J connectivity index is 1.62. The van der Waals surface area contributed by atoms with Gasteiger partial charge in [0.15, 0.2) is 6.61 Å². The maximum absolute atomic E-state index is 12.0. The number of hydrogen-bond acceptors (Lipinski definition) is 5. The number of para-hydroxylation sites is 2. The number of benzene rings is 1. The monoisotopic (exact) mass is 362 g/mol. The minimum atomic E-state index is -0.183. The van der Waals surface area contributed by atoms with E-state index >= 15 is 0 Å². The molecular weight excluding hydrogens is 336 g/mol. The molecule has 0 unspecified atom stereocenters. The van der Waals surface area contributed by atoms with Crippen molar-refractivity contribution in [1.29, 1.82) is 0 Å². The van der Waals surface area contributed by atoms with Gasteiger partial charge in [-0.2, -0.15) is 0 Å². The standard InChI is InChI=1S/C19H26N2O5/c1-25-19(24)10-4-2-3-7-12-20-17(22)11-13-21-15-8-5-6-9-16(15)26-14-18(21)23/h5-6,8-9H,2-4,7,10-14H2,1H3,(H,20,22). The normalized spacial score (nSPS) is 13.0. The van der Waals surface area contributed by atoms with Crippen molar-refractivity contribution in [3.05, 3.63) is 24.3 Å². The van der Waals surface area contributed by atoms with Crippen LogP contribution in [-0.4, -0.2) is 44.6 Å². The number of unbranched alkanes of at least 4 members (excludes halogenated alkanes) is 3. The van der Waals surface area contributed by atoms with E-state index in [9.17, 15) is 14.4 Å². The summed E-state index contributed by atoms with van der Waals surface area (Å²) in [5.74, 6) is 0.274. The maximum atomic E-state index is 12.0. The molecule has 0 bridgehead atoms. The summed E-state index contributed by atoms with van der Waals surface area (Å²) in [6.07, 6.45) is 4.25. The molecule has 2 amide bonds. The lowest BCUT2D eigenvalue weighted by atomic mass is 10.1. The molecule has 0 aliphatic carbocycles. The van der Waals surface area contributed by atoms with Crippen molar-refractivity contribution in [2.45, 2.75) is 38.5 Å². The van der Waals surface area contributed by atoms with Crippen molar-refractivity contribution >= 4 is 23.5 Å². The van der Waals surface area contributed by atoms with Crippen molar-refractivity contribution in [3.63, 3.8) is 0 Å². The van der Waals surface area contributed by atoms with Crippen molar-refractivity contribution in [3.8, 4) is 5.75 Å². The number of rotatable bonds is 10. The quantitative estimate of drug-likeness (QED) is 0.509. The topological polar surface area (TPSA) is 84.9 Å². The van der Waals surface area contributed by atoms with Crippen LogP contribution >= 0.6 is 0 Å². The lowest BCUT2D eigenvalue weighted by Gasteiger charge is -2.29. The highest BCUT2D eigenvalue weighted by molar-refractivity contribution is 5.98. The van der Waals surface area contributed by atoms with Crippen LogP contribution in [0, 0.1) is 0 Å². The zero-order chi connectivity index (χ0) is 18.8. The third-order valence-electron chi connectivity index (χ3n) is 4.23. The van der Waals surface area contributed by atoms with E-state index in [1.54, 1.807) is 4.90 Å². The van der Waals surface area contributed by atoms with Crippen molar-refractivity contribution in [2.75, 3.05) is 31.7 Å².